The van der Waals surface area contributed by atoms with E-state index in [1.54, 1.807) is 0 Å². The Bertz CT molecular complexity index is 467. The number of hydrogen-bond acceptors (Lipinski definition) is 3. The fourth-order valence-electron chi connectivity index (χ4n) is 2.29. The van der Waals surface area contributed by atoms with Gasteiger partial charge in [-0.2, -0.15) is 0 Å². The second kappa shape index (κ2) is 6.55. The van der Waals surface area contributed by atoms with E-state index < -0.39 is 0 Å². The van der Waals surface area contributed by atoms with E-state index in [9.17, 15) is 4.79 Å². The summed E-state index contributed by atoms with van der Waals surface area (Å²) in [5.41, 5.74) is 0.375. The Morgan fingerprint density at radius 3 is 3.05 bits per heavy atom. The van der Waals surface area contributed by atoms with Crippen LogP contribution in [0.15, 0.2) is 12.3 Å². The Labute approximate surface area is 123 Å². The smallest absolute Gasteiger partial charge is 0.253 e. The number of carbonyl (C=O) groups excluding carboxylic acids is 1. The molecule has 1 atom stereocenters. The van der Waals surface area contributed by atoms with Crippen molar-refractivity contribution in [1.82, 2.24) is 15.2 Å². The SMILES string of the molecule is CN1CCCCC1CNC(=O)c1cc(Cl)ncc1Cl. The molecule has 0 spiro atoms. The van der Waals surface area contributed by atoms with Crippen LogP contribution in [0.3, 0.4) is 0 Å². The van der Waals surface area contributed by atoms with Crippen molar-refractivity contribution in [2.75, 3.05) is 20.1 Å². The number of halogens is 2. The van der Waals surface area contributed by atoms with E-state index in [-0.39, 0.29) is 11.1 Å². The van der Waals surface area contributed by atoms with Gasteiger partial charge >= 0.3 is 0 Å². The fourth-order valence-corrected chi connectivity index (χ4v) is 2.64. The van der Waals surface area contributed by atoms with Crippen molar-refractivity contribution in [2.24, 2.45) is 0 Å². The lowest BCUT2D eigenvalue weighted by Crippen LogP contribution is -2.44. The van der Waals surface area contributed by atoms with Gasteiger partial charge in [0, 0.05) is 18.8 Å². The van der Waals surface area contributed by atoms with Crippen LogP contribution >= 0.6 is 23.2 Å². The van der Waals surface area contributed by atoms with E-state index in [4.69, 9.17) is 23.2 Å². The molecule has 1 aliphatic rings. The van der Waals surface area contributed by atoms with Gasteiger partial charge in [-0.3, -0.25) is 4.79 Å². The highest BCUT2D eigenvalue weighted by Gasteiger charge is 2.20. The number of nitrogens with zero attached hydrogens (tertiary/aromatic N) is 2. The molecule has 0 radical (unpaired) electrons. The van der Waals surface area contributed by atoms with Crippen LogP contribution in [-0.2, 0) is 0 Å². The third-order valence-electron chi connectivity index (χ3n) is 3.49. The maximum absolute atomic E-state index is 12.1. The molecule has 0 aromatic carbocycles. The van der Waals surface area contributed by atoms with E-state index in [1.165, 1.54) is 25.1 Å². The Hall–Kier alpha value is -0.840. The number of likely N-dealkylation sites (tertiary alicyclic amines) is 1. The van der Waals surface area contributed by atoms with Crippen molar-refractivity contribution in [2.45, 2.75) is 25.3 Å². The molecule has 1 amide bonds. The minimum absolute atomic E-state index is 0.201. The molecule has 104 valence electrons. The van der Waals surface area contributed by atoms with Crippen LogP contribution in [0.2, 0.25) is 10.2 Å². The van der Waals surface area contributed by atoms with Crippen molar-refractivity contribution in [3.05, 3.63) is 28.0 Å². The normalized spacial score (nSPS) is 20.3. The molecular formula is C13H17Cl2N3O. The van der Waals surface area contributed by atoms with E-state index in [0.717, 1.165) is 13.0 Å². The second-order valence-corrected chi connectivity index (χ2v) is 5.62. The van der Waals surface area contributed by atoms with Crippen LogP contribution in [0.5, 0.6) is 0 Å². The first-order valence-corrected chi connectivity index (χ1v) is 7.13. The summed E-state index contributed by atoms with van der Waals surface area (Å²) in [6.45, 7) is 1.72. The summed E-state index contributed by atoms with van der Waals surface area (Å²) in [4.78, 5) is 18.2. The van der Waals surface area contributed by atoms with Gasteiger partial charge in [0.2, 0.25) is 0 Å². The number of aromatic nitrogens is 1. The minimum atomic E-state index is -0.201. The summed E-state index contributed by atoms with van der Waals surface area (Å²) in [5.74, 6) is -0.201. The van der Waals surface area contributed by atoms with Crippen molar-refractivity contribution in [3.63, 3.8) is 0 Å². The Morgan fingerprint density at radius 2 is 2.32 bits per heavy atom. The summed E-state index contributed by atoms with van der Waals surface area (Å²) in [6.07, 6.45) is 4.95. The molecule has 1 aromatic rings. The van der Waals surface area contributed by atoms with E-state index in [0.29, 0.717) is 23.2 Å². The molecular weight excluding hydrogens is 285 g/mol. The van der Waals surface area contributed by atoms with Gasteiger partial charge in [-0.1, -0.05) is 29.6 Å². The maximum atomic E-state index is 12.1. The van der Waals surface area contributed by atoms with Gasteiger partial charge in [-0.25, -0.2) is 4.98 Å². The number of amides is 1. The number of pyridine rings is 1. The van der Waals surface area contributed by atoms with E-state index in [2.05, 4.69) is 22.2 Å². The predicted molar refractivity (Wildman–Crippen MR) is 76.9 cm³/mol. The number of likely N-dealkylation sites (N-methyl/N-ethyl adjacent to an activating group) is 1. The number of carbonyl (C=O) groups is 1. The standard InChI is InChI=1S/C13H17Cl2N3O/c1-18-5-3-2-4-9(18)7-17-13(19)10-6-12(15)16-8-11(10)14/h6,8-9H,2-5,7H2,1H3,(H,17,19). The van der Waals surface area contributed by atoms with Crippen LogP contribution in [-0.4, -0.2) is 42.0 Å². The molecule has 0 saturated carbocycles. The molecule has 19 heavy (non-hydrogen) atoms. The minimum Gasteiger partial charge on any atom is -0.350 e. The van der Waals surface area contributed by atoms with Crippen molar-refractivity contribution in [1.29, 1.82) is 0 Å². The average molecular weight is 302 g/mol. The summed E-state index contributed by atoms with van der Waals surface area (Å²) in [6, 6.07) is 1.89. The summed E-state index contributed by atoms with van der Waals surface area (Å²) in [5, 5.41) is 3.50. The lowest BCUT2D eigenvalue weighted by Gasteiger charge is -2.32. The predicted octanol–water partition coefficient (Wildman–Crippen LogP) is 2.60. The molecule has 0 aliphatic carbocycles. The van der Waals surface area contributed by atoms with Gasteiger partial charge in [0.25, 0.3) is 5.91 Å². The quantitative estimate of drug-likeness (QED) is 0.873. The Balaban J connectivity index is 1.95. The topological polar surface area (TPSA) is 45.2 Å². The molecule has 6 heteroatoms. The second-order valence-electron chi connectivity index (χ2n) is 4.83. The van der Waals surface area contributed by atoms with Crippen LogP contribution in [0.4, 0.5) is 0 Å². The van der Waals surface area contributed by atoms with Gasteiger partial charge in [0.1, 0.15) is 5.15 Å². The maximum Gasteiger partial charge on any atom is 0.253 e. The first-order valence-electron chi connectivity index (χ1n) is 6.37. The molecule has 0 bridgehead atoms. The van der Waals surface area contributed by atoms with Crippen molar-refractivity contribution in [3.8, 4) is 0 Å². The molecule has 1 N–H and O–H groups in total. The third kappa shape index (κ3) is 3.81. The highest BCUT2D eigenvalue weighted by molar-refractivity contribution is 6.35. The molecule has 1 saturated heterocycles. The lowest BCUT2D eigenvalue weighted by molar-refractivity contribution is 0.0928. The van der Waals surface area contributed by atoms with Gasteiger partial charge in [-0.15, -0.1) is 0 Å². The van der Waals surface area contributed by atoms with Crippen LogP contribution in [0, 0.1) is 0 Å². The van der Waals surface area contributed by atoms with E-state index in [1.807, 2.05) is 0 Å². The van der Waals surface area contributed by atoms with Crippen LogP contribution in [0.1, 0.15) is 29.6 Å². The Morgan fingerprint density at radius 1 is 1.53 bits per heavy atom. The first kappa shape index (κ1) is 14.6. The van der Waals surface area contributed by atoms with Crippen molar-refractivity contribution < 1.29 is 4.79 Å². The molecule has 1 aromatic heterocycles. The third-order valence-corrected chi connectivity index (χ3v) is 3.99. The molecule has 2 rings (SSSR count). The zero-order valence-corrected chi connectivity index (χ0v) is 12.3. The number of nitrogens with one attached hydrogen (secondary N) is 1. The monoisotopic (exact) mass is 301 g/mol. The van der Waals surface area contributed by atoms with E-state index >= 15 is 0 Å². The molecule has 4 nitrogen and oxygen atoms in total. The average Bonchev–Trinajstić information content (AvgIpc) is 2.40. The molecule has 1 aliphatic heterocycles. The first-order chi connectivity index (χ1) is 9.08. The summed E-state index contributed by atoms with van der Waals surface area (Å²) < 4.78 is 0. The number of piperidine rings is 1. The van der Waals surface area contributed by atoms with Gasteiger partial charge < -0.3 is 10.2 Å². The Kier molecular flexibility index (Phi) is 5.02. The van der Waals surface area contributed by atoms with Crippen LogP contribution < -0.4 is 5.32 Å². The lowest BCUT2D eigenvalue weighted by atomic mass is 10.0. The summed E-state index contributed by atoms with van der Waals surface area (Å²) >= 11 is 11.7. The highest BCUT2D eigenvalue weighted by Crippen LogP contribution is 2.18. The van der Waals surface area contributed by atoms with Crippen molar-refractivity contribution >= 4 is 29.1 Å². The molecule has 2 heterocycles. The van der Waals surface area contributed by atoms with Gasteiger partial charge in [0.15, 0.2) is 0 Å². The molecule has 1 fully saturated rings. The van der Waals surface area contributed by atoms with Gasteiger partial charge in [0.05, 0.1) is 10.6 Å². The van der Waals surface area contributed by atoms with Crippen LogP contribution in [0.25, 0.3) is 0 Å². The highest BCUT2D eigenvalue weighted by atomic mass is 35.5. The number of hydrogen-bond donors (Lipinski definition) is 1. The summed E-state index contributed by atoms with van der Waals surface area (Å²) in [7, 11) is 2.09. The largest absolute Gasteiger partial charge is 0.350 e. The fraction of sp³-hybridized carbons (Fsp3) is 0.538. The number of rotatable bonds is 3. The zero-order valence-electron chi connectivity index (χ0n) is 10.8. The zero-order chi connectivity index (χ0) is 13.8. The molecule has 1 unspecified atom stereocenters. The van der Waals surface area contributed by atoms with Gasteiger partial charge in [-0.05, 0) is 32.5 Å².